The van der Waals surface area contributed by atoms with Crippen molar-refractivity contribution in [3.8, 4) is 0 Å². The van der Waals surface area contributed by atoms with E-state index >= 15 is 0 Å². The predicted octanol–water partition coefficient (Wildman–Crippen LogP) is 2.49. The standard InChI is InChI=1S/C22H22N2O6S/c1-13-5-7-16-17(10-13)22(29)24(21(16)28)9-3-4-20(27)30-12-18(26)19-8-6-15(31-19)11-23-14(2)25/h5-8,10H,3-4,9,11-12H2,1-2H3,(H,23,25). The smallest absolute Gasteiger partial charge is 0.306 e. The second-order valence-corrected chi connectivity index (χ2v) is 8.34. The van der Waals surface area contributed by atoms with E-state index in [-0.39, 0.29) is 49.5 Å². The summed E-state index contributed by atoms with van der Waals surface area (Å²) in [7, 11) is 0. The van der Waals surface area contributed by atoms with Gasteiger partial charge in [0.15, 0.2) is 6.61 Å². The molecule has 0 saturated carbocycles. The van der Waals surface area contributed by atoms with Gasteiger partial charge in [-0.15, -0.1) is 11.3 Å². The third-order valence-electron chi connectivity index (χ3n) is 4.70. The van der Waals surface area contributed by atoms with Crippen molar-refractivity contribution >= 4 is 40.8 Å². The number of carbonyl (C=O) groups is 5. The first-order valence-corrected chi connectivity index (χ1v) is 10.6. The van der Waals surface area contributed by atoms with Crippen molar-refractivity contribution < 1.29 is 28.7 Å². The molecule has 0 spiro atoms. The molecule has 8 nitrogen and oxygen atoms in total. The number of fused-ring (bicyclic) bond motifs is 1. The molecule has 0 saturated heterocycles. The molecule has 0 fully saturated rings. The second kappa shape index (κ2) is 9.65. The molecule has 0 radical (unpaired) electrons. The van der Waals surface area contributed by atoms with Gasteiger partial charge >= 0.3 is 5.97 Å². The first-order valence-electron chi connectivity index (χ1n) is 9.75. The van der Waals surface area contributed by atoms with Gasteiger partial charge in [-0.2, -0.15) is 0 Å². The average molecular weight is 442 g/mol. The van der Waals surface area contributed by atoms with Crippen molar-refractivity contribution in [3.63, 3.8) is 0 Å². The van der Waals surface area contributed by atoms with Gasteiger partial charge < -0.3 is 10.1 Å². The number of ether oxygens (including phenoxy) is 1. The lowest BCUT2D eigenvalue weighted by Crippen LogP contribution is -2.31. The van der Waals surface area contributed by atoms with E-state index in [0.29, 0.717) is 22.5 Å². The topological polar surface area (TPSA) is 110 Å². The van der Waals surface area contributed by atoms with Gasteiger partial charge in [-0.05, 0) is 37.6 Å². The summed E-state index contributed by atoms with van der Waals surface area (Å²) in [5.74, 6) is -1.79. The normalized spacial score (nSPS) is 12.6. The molecule has 31 heavy (non-hydrogen) atoms. The van der Waals surface area contributed by atoms with E-state index in [1.165, 1.54) is 18.3 Å². The predicted molar refractivity (Wildman–Crippen MR) is 113 cm³/mol. The Labute approximate surface area is 183 Å². The number of esters is 1. The fourth-order valence-corrected chi connectivity index (χ4v) is 3.98. The number of rotatable bonds is 9. The van der Waals surface area contributed by atoms with E-state index in [9.17, 15) is 24.0 Å². The third kappa shape index (κ3) is 5.43. The SMILES string of the molecule is CC(=O)NCc1ccc(C(=O)COC(=O)CCCN2C(=O)c3ccc(C)cc3C2=O)s1. The van der Waals surface area contributed by atoms with Gasteiger partial charge in [-0.25, -0.2) is 0 Å². The summed E-state index contributed by atoms with van der Waals surface area (Å²) < 4.78 is 5.02. The van der Waals surface area contributed by atoms with Crippen LogP contribution in [-0.2, 0) is 20.9 Å². The van der Waals surface area contributed by atoms with Crippen LogP contribution in [0.5, 0.6) is 0 Å². The molecule has 2 aromatic rings. The molecule has 0 bridgehead atoms. The maximum atomic E-state index is 12.4. The summed E-state index contributed by atoms with van der Waals surface area (Å²) >= 11 is 1.23. The van der Waals surface area contributed by atoms with Gasteiger partial charge in [0.25, 0.3) is 11.8 Å². The number of imide groups is 1. The Hall–Kier alpha value is -3.33. The molecule has 162 valence electrons. The number of carbonyl (C=O) groups excluding carboxylic acids is 5. The fourth-order valence-electron chi connectivity index (χ4n) is 3.11. The number of aryl methyl sites for hydroxylation is 1. The fraction of sp³-hybridized carbons (Fsp3) is 0.318. The Morgan fingerprint density at radius 2 is 1.81 bits per heavy atom. The van der Waals surface area contributed by atoms with Crippen molar-refractivity contribution in [2.45, 2.75) is 33.2 Å². The molecule has 1 aromatic carbocycles. The number of nitrogens with zero attached hydrogens (tertiary/aromatic N) is 1. The Balaban J connectivity index is 1.42. The van der Waals surface area contributed by atoms with Crippen LogP contribution in [0.3, 0.4) is 0 Å². The molecule has 3 amide bonds. The first-order chi connectivity index (χ1) is 14.8. The zero-order valence-corrected chi connectivity index (χ0v) is 18.0. The number of nitrogens with one attached hydrogen (secondary N) is 1. The van der Waals surface area contributed by atoms with Gasteiger partial charge in [0.2, 0.25) is 11.7 Å². The Morgan fingerprint density at radius 1 is 1.06 bits per heavy atom. The van der Waals surface area contributed by atoms with Crippen molar-refractivity contribution in [1.29, 1.82) is 0 Å². The molecule has 9 heteroatoms. The number of amides is 3. The van der Waals surface area contributed by atoms with Crippen LogP contribution in [0, 0.1) is 6.92 Å². The summed E-state index contributed by atoms with van der Waals surface area (Å²) in [4.78, 5) is 62.2. The van der Waals surface area contributed by atoms with Crippen LogP contribution < -0.4 is 5.32 Å². The zero-order valence-electron chi connectivity index (χ0n) is 17.2. The number of ketones is 1. The quantitative estimate of drug-likeness (QED) is 0.363. The van der Waals surface area contributed by atoms with Gasteiger partial charge in [-0.3, -0.25) is 28.9 Å². The lowest BCUT2D eigenvalue weighted by Gasteiger charge is -2.13. The van der Waals surface area contributed by atoms with Crippen LogP contribution in [0.25, 0.3) is 0 Å². The number of hydrogen-bond donors (Lipinski definition) is 1. The molecule has 0 atom stereocenters. The molecule has 3 rings (SSSR count). The number of Topliss-reactive ketones (excluding diaryl/α,β-unsaturated/α-hetero) is 1. The summed E-state index contributed by atoms with van der Waals surface area (Å²) in [6.07, 6.45) is 0.231. The lowest BCUT2D eigenvalue weighted by atomic mass is 10.1. The van der Waals surface area contributed by atoms with E-state index in [1.54, 1.807) is 30.3 Å². The number of benzene rings is 1. The van der Waals surface area contributed by atoms with Crippen LogP contribution >= 0.6 is 11.3 Å². The maximum absolute atomic E-state index is 12.4. The maximum Gasteiger partial charge on any atom is 0.306 e. The third-order valence-corrected chi connectivity index (χ3v) is 5.83. The van der Waals surface area contributed by atoms with Crippen LogP contribution in [-0.4, -0.2) is 47.5 Å². The van der Waals surface area contributed by atoms with Gasteiger partial charge in [-0.1, -0.05) is 11.6 Å². The minimum absolute atomic E-state index is 0.0159. The van der Waals surface area contributed by atoms with Crippen LogP contribution in [0.15, 0.2) is 30.3 Å². The molecule has 2 heterocycles. The minimum Gasteiger partial charge on any atom is -0.457 e. The van der Waals surface area contributed by atoms with E-state index in [4.69, 9.17) is 4.74 Å². The van der Waals surface area contributed by atoms with E-state index in [2.05, 4.69) is 5.32 Å². The van der Waals surface area contributed by atoms with E-state index < -0.39 is 5.97 Å². The molecule has 0 unspecified atom stereocenters. The summed E-state index contributed by atoms with van der Waals surface area (Å²) in [6, 6.07) is 8.46. The zero-order chi connectivity index (χ0) is 22.5. The molecular weight excluding hydrogens is 420 g/mol. The summed E-state index contributed by atoms with van der Waals surface area (Å²) in [6.45, 7) is 3.31. The van der Waals surface area contributed by atoms with Crippen molar-refractivity contribution in [3.05, 3.63) is 56.8 Å². The highest BCUT2D eigenvalue weighted by Gasteiger charge is 2.35. The highest BCUT2D eigenvalue weighted by molar-refractivity contribution is 7.14. The van der Waals surface area contributed by atoms with Crippen LogP contribution in [0.1, 0.15) is 60.6 Å². The molecule has 1 aliphatic rings. The van der Waals surface area contributed by atoms with Crippen molar-refractivity contribution in [2.24, 2.45) is 0 Å². The van der Waals surface area contributed by atoms with Crippen LogP contribution in [0.2, 0.25) is 0 Å². The molecule has 0 aliphatic carbocycles. The monoisotopic (exact) mass is 442 g/mol. The van der Waals surface area contributed by atoms with Crippen molar-refractivity contribution in [2.75, 3.05) is 13.2 Å². The number of thiophene rings is 1. The van der Waals surface area contributed by atoms with Gasteiger partial charge in [0, 0.05) is 24.8 Å². The Bertz CT molecular complexity index is 1060. The minimum atomic E-state index is -0.573. The summed E-state index contributed by atoms with van der Waals surface area (Å²) in [5, 5.41) is 2.65. The highest BCUT2D eigenvalue weighted by Crippen LogP contribution is 2.24. The highest BCUT2D eigenvalue weighted by atomic mass is 32.1. The Morgan fingerprint density at radius 3 is 2.55 bits per heavy atom. The average Bonchev–Trinajstić information content (AvgIpc) is 3.29. The van der Waals surface area contributed by atoms with E-state index in [0.717, 1.165) is 15.3 Å². The van der Waals surface area contributed by atoms with E-state index in [1.807, 2.05) is 6.92 Å². The van der Waals surface area contributed by atoms with Gasteiger partial charge in [0.1, 0.15) is 0 Å². The summed E-state index contributed by atoms with van der Waals surface area (Å²) in [5.41, 5.74) is 1.65. The molecule has 1 aromatic heterocycles. The van der Waals surface area contributed by atoms with Crippen LogP contribution in [0.4, 0.5) is 0 Å². The first kappa shape index (κ1) is 22.4. The second-order valence-electron chi connectivity index (χ2n) is 7.17. The lowest BCUT2D eigenvalue weighted by molar-refractivity contribution is -0.142. The molecular formula is C22H22N2O6S. The molecule has 1 aliphatic heterocycles. The Kier molecular flexibility index (Phi) is 6.96. The van der Waals surface area contributed by atoms with Crippen molar-refractivity contribution in [1.82, 2.24) is 10.2 Å². The largest absolute Gasteiger partial charge is 0.457 e. The van der Waals surface area contributed by atoms with Gasteiger partial charge in [0.05, 0.1) is 22.5 Å². The number of hydrogen-bond acceptors (Lipinski definition) is 7. The molecule has 1 N–H and O–H groups in total.